The number of carbonyl (C=O) groups excluding carboxylic acids is 3. The number of hydrogen-bond donors (Lipinski definition) is 2. The van der Waals surface area contributed by atoms with Crippen LogP contribution in [0, 0.1) is 28.1 Å². The molecule has 6 rings (SSSR count). The fourth-order valence-corrected chi connectivity index (χ4v) is 8.38. The van der Waals surface area contributed by atoms with Crippen molar-refractivity contribution in [2.45, 2.75) is 76.0 Å². The molecule has 170 valence electrons. The first-order chi connectivity index (χ1) is 14.4. The van der Waals surface area contributed by atoms with Crippen LogP contribution < -0.4 is 0 Å². The van der Waals surface area contributed by atoms with Gasteiger partial charge in [-0.1, -0.05) is 20.8 Å². The second-order valence-corrected chi connectivity index (χ2v) is 10.9. The van der Waals surface area contributed by atoms with E-state index < -0.39 is 82.0 Å². The molecule has 0 radical (unpaired) electrons. The van der Waals surface area contributed by atoms with Gasteiger partial charge >= 0.3 is 17.9 Å². The third-order valence-corrected chi connectivity index (χ3v) is 9.20. The Morgan fingerprint density at radius 1 is 1.10 bits per heavy atom. The molecule has 2 spiro atoms. The second kappa shape index (κ2) is 5.08. The lowest BCUT2D eigenvalue weighted by molar-refractivity contribution is -0.239. The van der Waals surface area contributed by atoms with Gasteiger partial charge in [-0.25, -0.2) is 9.59 Å². The average molecular weight is 437 g/mol. The molecule has 0 amide bonds. The fraction of sp³-hybridized carbons (Fsp3) is 0.857. The number of methoxy groups -OCH3 is 1. The van der Waals surface area contributed by atoms with Gasteiger partial charge in [0.1, 0.15) is 12.2 Å². The first kappa shape index (κ1) is 19.9. The number of carbonyl (C=O) groups is 3. The van der Waals surface area contributed by atoms with Gasteiger partial charge in [-0.2, -0.15) is 0 Å². The van der Waals surface area contributed by atoms with Crippen molar-refractivity contribution in [1.82, 2.24) is 0 Å². The van der Waals surface area contributed by atoms with Crippen LogP contribution in [0.3, 0.4) is 0 Å². The van der Waals surface area contributed by atoms with E-state index in [1.165, 1.54) is 14.0 Å². The lowest BCUT2D eigenvalue weighted by atomic mass is 9.51. The van der Waals surface area contributed by atoms with Crippen LogP contribution in [0.1, 0.15) is 34.1 Å². The Morgan fingerprint density at radius 2 is 1.77 bits per heavy atom. The number of ether oxygens (including phenoxy) is 5. The van der Waals surface area contributed by atoms with E-state index in [1.807, 2.05) is 20.8 Å². The maximum absolute atomic E-state index is 13.5. The molecule has 2 saturated carbocycles. The molecule has 4 aliphatic heterocycles. The number of fused-ring (bicyclic) bond motifs is 1. The summed E-state index contributed by atoms with van der Waals surface area (Å²) in [5.74, 6) is -3.79. The van der Waals surface area contributed by atoms with Crippen LogP contribution in [-0.4, -0.2) is 77.1 Å². The molecule has 6 fully saturated rings. The summed E-state index contributed by atoms with van der Waals surface area (Å²) in [6.45, 7) is 7.39. The summed E-state index contributed by atoms with van der Waals surface area (Å²) in [6, 6.07) is 0. The maximum atomic E-state index is 13.5. The SMILES string of the molecule is C[C@@H]1C(=O)OC2[C@H](O)[C@@]34C5C[C@@H](C(C)(C)C)C36C(OC(=O)[C@@H]6O[11CH3])OC4(C(=O)O5)[C@@]21O. The molecule has 10 heteroatoms. The minimum absolute atomic E-state index is 0.315. The number of rotatable bonds is 1. The Morgan fingerprint density at radius 3 is 2.39 bits per heavy atom. The molecule has 10 nitrogen and oxygen atoms in total. The van der Waals surface area contributed by atoms with Crippen molar-refractivity contribution in [1.29, 1.82) is 0 Å². The van der Waals surface area contributed by atoms with Gasteiger partial charge in [0.25, 0.3) is 0 Å². The van der Waals surface area contributed by atoms with Gasteiger partial charge < -0.3 is 33.9 Å². The van der Waals surface area contributed by atoms with Crippen LogP contribution in [0.5, 0.6) is 0 Å². The first-order valence-corrected chi connectivity index (χ1v) is 10.6. The quantitative estimate of drug-likeness (QED) is 0.399. The maximum Gasteiger partial charge on any atom is 0.343 e. The molecular weight excluding hydrogens is 411 g/mol. The third kappa shape index (κ3) is 1.49. The van der Waals surface area contributed by atoms with Crippen LogP contribution >= 0.6 is 0 Å². The summed E-state index contributed by atoms with van der Waals surface area (Å²) in [5.41, 5.74) is -7.69. The Labute approximate surface area is 178 Å². The Kier molecular flexibility index (Phi) is 3.26. The second-order valence-electron chi connectivity index (χ2n) is 10.9. The Balaban J connectivity index is 1.72. The van der Waals surface area contributed by atoms with E-state index in [9.17, 15) is 24.6 Å². The van der Waals surface area contributed by atoms with E-state index in [-0.39, 0.29) is 5.92 Å². The highest BCUT2D eigenvalue weighted by molar-refractivity contribution is 5.94. The largest absolute Gasteiger partial charge is 0.459 e. The zero-order chi connectivity index (χ0) is 22.5. The highest BCUT2D eigenvalue weighted by Crippen LogP contribution is 2.84. The van der Waals surface area contributed by atoms with Crippen molar-refractivity contribution in [3.8, 4) is 0 Å². The van der Waals surface area contributed by atoms with Gasteiger partial charge in [-0.05, 0) is 24.7 Å². The van der Waals surface area contributed by atoms with Crippen molar-refractivity contribution >= 4 is 17.9 Å². The minimum Gasteiger partial charge on any atom is -0.459 e. The van der Waals surface area contributed by atoms with Gasteiger partial charge in [-0.15, -0.1) is 0 Å². The lowest BCUT2D eigenvalue weighted by Gasteiger charge is -2.48. The third-order valence-electron chi connectivity index (χ3n) is 9.20. The van der Waals surface area contributed by atoms with Crippen molar-refractivity contribution in [3.63, 3.8) is 0 Å². The lowest BCUT2D eigenvalue weighted by Crippen LogP contribution is -2.67. The zero-order valence-electron chi connectivity index (χ0n) is 17.9. The van der Waals surface area contributed by atoms with Gasteiger partial charge in [0, 0.05) is 7.11 Å². The zero-order valence-corrected chi connectivity index (χ0v) is 17.9. The van der Waals surface area contributed by atoms with Gasteiger partial charge in [0.05, 0.1) is 16.7 Å². The number of hydrogen-bond acceptors (Lipinski definition) is 10. The monoisotopic (exact) mass is 437 g/mol. The molecule has 31 heavy (non-hydrogen) atoms. The van der Waals surface area contributed by atoms with E-state index in [0.29, 0.717) is 6.42 Å². The molecule has 2 N–H and O–H groups in total. The standard InChI is InChI=1S/C21H26O10/c1-7-13(23)29-11-10(22)19-9-6-8(17(2,3)4)18(19)12(27-5)14(24)30-16(18)31-21(19,15(25)28-9)20(7,11)26/h7-12,16,22,26H,6H2,1-5H3/t7-,8+,9?,10+,11?,12+,16?,18?,19+,20+,21?/m1/s1/i5-1. The first-order valence-electron chi connectivity index (χ1n) is 10.6. The molecule has 2 aliphatic carbocycles. The van der Waals surface area contributed by atoms with Gasteiger partial charge in [-0.3, -0.25) is 4.79 Å². The molecule has 6 aliphatic rings. The number of aliphatic hydroxyl groups excluding tert-OH is 1. The summed E-state index contributed by atoms with van der Waals surface area (Å²) in [6.07, 6.45) is -5.92. The van der Waals surface area contributed by atoms with E-state index in [1.54, 1.807) is 0 Å². The van der Waals surface area contributed by atoms with Crippen molar-refractivity contribution in [2.75, 3.05) is 7.11 Å². The highest BCUT2D eigenvalue weighted by atomic mass is 16.8. The predicted octanol–water partition coefficient (Wildman–Crippen LogP) is -0.715. The highest BCUT2D eigenvalue weighted by Gasteiger charge is 3.04. The van der Waals surface area contributed by atoms with Gasteiger partial charge in [0.15, 0.2) is 17.8 Å². The number of aliphatic hydroxyl groups is 2. The minimum atomic E-state index is -2.19. The smallest absolute Gasteiger partial charge is 0.343 e. The molecule has 0 aromatic carbocycles. The Hall–Kier alpha value is -1.75. The van der Waals surface area contributed by atoms with Crippen molar-refractivity contribution < 1.29 is 48.3 Å². The Bertz CT molecular complexity index is 941. The molecule has 4 heterocycles. The van der Waals surface area contributed by atoms with Crippen LogP contribution in [0.4, 0.5) is 0 Å². The van der Waals surface area contributed by atoms with Gasteiger partial charge in [0.2, 0.25) is 11.9 Å². The van der Waals surface area contributed by atoms with Crippen LogP contribution in [0.15, 0.2) is 0 Å². The number of esters is 3. The summed E-state index contributed by atoms with van der Waals surface area (Å²) >= 11 is 0. The topological polar surface area (TPSA) is 138 Å². The van der Waals surface area contributed by atoms with Crippen molar-refractivity contribution in [3.05, 3.63) is 0 Å². The molecule has 4 saturated heterocycles. The van der Waals surface area contributed by atoms with Crippen molar-refractivity contribution in [2.24, 2.45) is 28.1 Å². The molecule has 0 bridgehead atoms. The predicted molar refractivity (Wildman–Crippen MR) is 96.8 cm³/mol. The van der Waals surface area contributed by atoms with E-state index >= 15 is 0 Å². The van der Waals surface area contributed by atoms with Crippen LogP contribution in [-0.2, 0) is 38.1 Å². The molecule has 0 aromatic heterocycles. The summed E-state index contributed by atoms with van der Waals surface area (Å²) < 4.78 is 28.7. The summed E-state index contributed by atoms with van der Waals surface area (Å²) in [4.78, 5) is 38.8. The summed E-state index contributed by atoms with van der Waals surface area (Å²) in [7, 11) is 1.36. The normalized spacial score (nSPS) is 58.5. The van der Waals surface area contributed by atoms with Crippen LogP contribution in [0.2, 0.25) is 0 Å². The molecule has 11 atom stereocenters. The van der Waals surface area contributed by atoms with E-state index in [4.69, 9.17) is 23.7 Å². The summed E-state index contributed by atoms with van der Waals surface area (Å²) in [5, 5.41) is 23.7. The molecular formula is C21H26O10. The average Bonchev–Trinajstić information content (AvgIpc) is 3.38. The molecule has 0 aromatic rings. The van der Waals surface area contributed by atoms with E-state index in [2.05, 4.69) is 0 Å². The van der Waals surface area contributed by atoms with Crippen LogP contribution in [0.25, 0.3) is 0 Å². The fourth-order valence-electron chi connectivity index (χ4n) is 8.38. The van der Waals surface area contributed by atoms with E-state index in [0.717, 1.165) is 0 Å². The molecule has 5 unspecified atom stereocenters.